The first-order chi connectivity index (χ1) is 12.7. The van der Waals surface area contributed by atoms with Gasteiger partial charge in [0.15, 0.2) is 5.78 Å². The Morgan fingerprint density at radius 1 is 1.27 bits per heavy atom. The molecular weight excluding hydrogens is 330 g/mol. The van der Waals surface area contributed by atoms with Gasteiger partial charge < -0.3 is 10.3 Å². The van der Waals surface area contributed by atoms with Crippen LogP contribution >= 0.6 is 0 Å². The van der Waals surface area contributed by atoms with E-state index < -0.39 is 0 Å². The van der Waals surface area contributed by atoms with Crippen molar-refractivity contribution in [2.24, 2.45) is 5.92 Å². The number of urea groups is 1. The van der Waals surface area contributed by atoms with Crippen molar-refractivity contribution in [3.63, 3.8) is 0 Å². The molecule has 1 saturated carbocycles. The van der Waals surface area contributed by atoms with Gasteiger partial charge in [0, 0.05) is 36.0 Å². The number of rotatable bonds is 5. The lowest BCUT2D eigenvalue weighted by molar-refractivity contribution is 0.0969. The van der Waals surface area contributed by atoms with Crippen molar-refractivity contribution in [3.8, 4) is 11.1 Å². The SMILES string of the molecule is CCNC(=O)Nc1nc2cc(-c3cccnc3)cc(C(=O)C3CC3)c2[nH]1. The van der Waals surface area contributed by atoms with Crippen molar-refractivity contribution in [2.75, 3.05) is 11.9 Å². The number of hydrogen-bond donors (Lipinski definition) is 3. The monoisotopic (exact) mass is 349 g/mol. The van der Waals surface area contributed by atoms with Crippen LogP contribution in [-0.4, -0.2) is 33.3 Å². The van der Waals surface area contributed by atoms with Crippen LogP contribution in [0.15, 0.2) is 36.7 Å². The summed E-state index contributed by atoms with van der Waals surface area (Å²) in [5, 5.41) is 5.32. The molecule has 1 aliphatic carbocycles. The Balaban J connectivity index is 1.80. The Kier molecular flexibility index (Phi) is 4.12. The molecular formula is C19H19N5O2. The van der Waals surface area contributed by atoms with Crippen molar-refractivity contribution < 1.29 is 9.59 Å². The first-order valence-corrected chi connectivity index (χ1v) is 8.69. The molecule has 0 bridgehead atoms. The zero-order chi connectivity index (χ0) is 18.1. The van der Waals surface area contributed by atoms with Crippen molar-refractivity contribution >= 4 is 28.8 Å². The number of fused-ring (bicyclic) bond motifs is 1. The molecule has 1 fully saturated rings. The van der Waals surface area contributed by atoms with Crippen LogP contribution in [0.25, 0.3) is 22.2 Å². The second-order valence-electron chi connectivity index (χ2n) is 6.37. The van der Waals surface area contributed by atoms with Crippen LogP contribution in [0.5, 0.6) is 0 Å². The first kappa shape index (κ1) is 16.3. The van der Waals surface area contributed by atoms with E-state index in [-0.39, 0.29) is 17.7 Å². The molecule has 1 aromatic carbocycles. The number of H-pyrrole nitrogens is 1. The van der Waals surface area contributed by atoms with E-state index in [9.17, 15) is 9.59 Å². The lowest BCUT2D eigenvalue weighted by Crippen LogP contribution is -2.28. The molecule has 0 aliphatic heterocycles. The van der Waals surface area contributed by atoms with E-state index in [0.717, 1.165) is 24.0 Å². The highest BCUT2D eigenvalue weighted by Gasteiger charge is 2.32. The van der Waals surface area contributed by atoms with Crippen LogP contribution in [0, 0.1) is 5.92 Å². The first-order valence-electron chi connectivity index (χ1n) is 8.69. The van der Waals surface area contributed by atoms with E-state index in [0.29, 0.717) is 29.1 Å². The normalized spacial score (nSPS) is 13.6. The van der Waals surface area contributed by atoms with E-state index in [1.165, 1.54) is 0 Å². The van der Waals surface area contributed by atoms with Crippen LogP contribution in [0.1, 0.15) is 30.1 Å². The summed E-state index contributed by atoms with van der Waals surface area (Å²) < 4.78 is 0. The summed E-state index contributed by atoms with van der Waals surface area (Å²) in [6, 6.07) is 7.24. The Hall–Kier alpha value is -3.22. The molecule has 4 rings (SSSR count). The number of Topliss-reactive ketones (excluding diaryl/α,β-unsaturated/α-hetero) is 1. The van der Waals surface area contributed by atoms with Gasteiger partial charge in [-0.05, 0) is 43.5 Å². The van der Waals surface area contributed by atoms with Gasteiger partial charge in [-0.3, -0.25) is 15.1 Å². The molecule has 0 atom stereocenters. The van der Waals surface area contributed by atoms with Gasteiger partial charge in [-0.2, -0.15) is 0 Å². The molecule has 0 radical (unpaired) electrons. The number of aromatic amines is 1. The number of pyridine rings is 1. The quantitative estimate of drug-likeness (QED) is 0.615. The zero-order valence-electron chi connectivity index (χ0n) is 14.4. The highest BCUT2D eigenvalue weighted by Crippen LogP contribution is 2.36. The minimum absolute atomic E-state index is 0.0884. The van der Waals surface area contributed by atoms with Crippen LogP contribution in [0.4, 0.5) is 10.7 Å². The second kappa shape index (κ2) is 6.59. The van der Waals surface area contributed by atoms with Gasteiger partial charge in [0.05, 0.1) is 11.0 Å². The maximum Gasteiger partial charge on any atom is 0.321 e. The average molecular weight is 349 g/mol. The predicted molar refractivity (Wildman–Crippen MR) is 99.1 cm³/mol. The fourth-order valence-corrected chi connectivity index (χ4v) is 2.94. The Bertz CT molecular complexity index is 976. The molecule has 26 heavy (non-hydrogen) atoms. The van der Waals surface area contributed by atoms with E-state index >= 15 is 0 Å². The molecule has 3 aromatic rings. The molecule has 2 aromatic heterocycles. The van der Waals surface area contributed by atoms with Gasteiger partial charge in [0.1, 0.15) is 0 Å². The standard InChI is InChI=1S/C19H19N5O2/c1-2-21-19(26)24-18-22-15-9-13(12-4-3-7-20-10-12)8-14(16(15)23-18)17(25)11-5-6-11/h3-4,7-11H,2,5-6H2,1H3,(H3,21,22,23,24,26). The molecule has 1 aliphatic rings. The minimum Gasteiger partial charge on any atom is -0.338 e. The number of nitrogens with one attached hydrogen (secondary N) is 3. The Morgan fingerprint density at radius 3 is 2.81 bits per heavy atom. The fourth-order valence-electron chi connectivity index (χ4n) is 2.94. The van der Waals surface area contributed by atoms with Gasteiger partial charge in [0.2, 0.25) is 5.95 Å². The zero-order valence-corrected chi connectivity index (χ0v) is 14.4. The summed E-state index contributed by atoms with van der Waals surface area (Å²) >= 11 is 0. The molecule has 2 heterocycles. The Labute approximate surface area is 150 Å². The number of benzene rings is 1. The molecule has 2 amide bonds. The minimum atomic E-state index is -0.339. The number of aromatic nitrogens is 3. The number of carbonyl (C=O) groups is 2. The third-order valence-electron chi connectivity index (χ3n) is 4.37. The van der Waals surface area contributed by atoms with E-state index in [1.54, 1.807) is 12.4 Å². The van der Waals surface area contributed by atoms with Crippen molar-refractivity contribution in [2.45, 2.75) is 19.8 Å². The van der Waals surface area contributed by atoms with E-state index in [1.807, 2.05) is 31.2 Å². The number of anilines is 1. The number of hydrogen-bond acceptors (Lipinski definition) is 4. The van der Waals surface area contributed by atoms with Crippen LogP contribution in [-0.2, 0) is 0 Å². The molecule has 7 nitrogen and oxygen atoms in total. The highest BCUT2D eigenvalue weighted by atomic mass is 16.2. The van der Waals surface area contributed by atoms with Crippen molar-refractivity contribution in [1.82, 2.24) is 20.3 Å². The third kappa shape index (κ3) is 3.15. The number of carbonyl (C=O) groups excluding carboxylic acids is 2. The highest BCUT2D eigenvalue weighted by molar-refractivity contribution is 6.10. The molecule has 3 N–H and O–H groups in total. The van der Waals surface area contributed by atoms with Crippen LogP contribution in [0.3, 0.4) is 0 Å². The van der Waals surface area contributed by atoms with Gasteiger partial charge in [-0.15, -0.1) is 0 Å². The van der Waals surface area contributed by atoms with Gasteiger partial charge in [-0.1, -0.05) is 6.07 Å². The Morgan fingerprint density at radius 2 is 2.12 bits per heavy atom. The molecule has 0 unspecified atom stereocenters. The van der Waals surface area contributed by atoms with Crippen LogP contribution < -0.4 is 10.6 Å². The summed E-state index contributed by atoms with van der Waals surface area (Å²) in [6.45, 7) is 2.35. The lowest BCUT2D eigenvalue weighted by Gasteiger charge is -2.06. The number of nitrogens with zero attached hydrogens (tertiary/aromatic N) is 2. The largest absolute Gasteiger partial charge is 0.338 e. The number of amides is 2. The summed E-state index contributed by atoms with van der Waals surface area (Å²) in [5.74, 6) is 0.526. The smallest absolute Gasteiger partial charge is 0.321 e. The average Bonchev–Trinajstić information content (AvgIpc) is 3.41. The molecule has 0 saturated heterocycles. The van der Waals surface area contributed by atoms with Crippen LogP contribution in [0.2, 0.25) is 0 Å². The fraction of sp³-hybridized carbons (Fsp3) is 0.263. The van der Waals surface area contributed by atoms with Gasteiger partial charge in [-0.25, -0.2) is 9.78 Å². The third-order valence-corrected chi connectivity index (χ3v) is 4.37. The van der Waals surface area contributed by atoms with Gasteiger partial charge >= 0.3 is 6.03 Å². The topological polar surface area (TPSA) is 99.8 Å². The van der Waals surface area contributed by atoms with Gasteiger partial charge in [0.25, 0.3) is 0 Å². The number of imidazole rings is 1. The van der Waals surface area contributed by atoms with E-state index in [4.69, 9.17) is 0 Å². The molecule has 132 valence electrons. The molecule has 0 spiro atoms. The summed E-state index contributed by atoms with van der Waals surface area (Å²) in [7, 11) is 0. The van der Waals surface area contributed by atoms with Crippen molar-refractivity contribution in [1.29, 1.82) is 0 Å². The summed E-state index contributed by atoms with van der Waals surface area (Å²) in [6.07, 6.45) is 5.32. The summed E-state index contributed by atoms with van der Waals surface area (Å²) in [5.41, 5.74) is 3.70. The maximum absolute atomic E-state index is 12.8. The lowest BCUT2D eigenvalue weighted by atomic mass is 9.99. The van der Waals surface area contributed by atoms with Crippen molar-refractivity contribution in [3.05, 3.63) is 42.2 Å². The summed E-state index contributed by atoms with van der Waals surface area (Å²) in [4.78, 5) is 36.2. The predicted octanol–water partition coefficient (Wildman–Crippen LogP) is 3.36. The van der Waals surface area contributed by atoms with E-state index in [2.05, 4.69) is 25.6 Å². The number of ketones is 1. The second-order valence-corrected chi connectivity index (χ2v) is 6.37. The maximum atomic E-state index is 12.8. The molecule has 7 heteroatoms.